The van der Waals surface area contributed by atoms with Gasteiger partial charge in [0.05, 0.1) is 18.2 Å². The molecule has 0 aliphatic carbocycles. The molecule has 2 N–H and O–H groups in total. The van der Waals surface area contributed by atoms with Crippen molar-refractivity contribution in [2.75, 3.05) is 40.3 Å². The van der Waals surface area contributed by atoms with Crippen molar-refractivity contribution >= 4 is 28.2 Å². The molecule has 0 saturated carbocycles. The lowest BCUT2D eigenvalue weighted by atomic mass is 10.0. The van der Waals surface area contributed by atoms with E-state index >= 15 is 0 Å². The van der Waals surface area contributed by atoms with Crippen LogP contribution in [0.4, 0.5) is 0 Å². The summed E-state index contributed by atoms with van der Waals surface area (Å²) >= 11 is 5.67. The minimum absolute atomic E-state index is 0.0528. The highest BCUT2D eigenvalue weighted by atomic mass is 32.1. The molecule has 158 valence electrons. The number of benzene rings is 1. The van der Waals surface area contributed by atoms with Crippen LogP contribution in [-0.4, -0.2) is 66.3 Å². The van der Waals surface area contributed by atoms with Crippen LogP contribution < -0.4 is 10.9 Å². The van der Waals surface area contributed by atoms with Crippen LogP contribution in [0.25, 0.3) is 10.9 Å². The van der Waals surface area contributed by atoms with E-state index in [-0.39, 0.29) is 11.7 Å². The molecule has 6 nitrogen and oxygen atoms in total. The van der Waals surface area contributed by atoms with Crippen molar-refractivity contribution in [2.45, 2.75) is 39.3 Å². The Labute approximate surface area is 178 Å². The van der Waals surface area contributed by atoms with Gasteiger partial charge in [-0.1, -0.05) is 12.1 Å². The fourth-order valence-corrected chi connectivity index (χ4v) is 3.82. The van der Waals surface area contributed by atoms with Crippen LogP contribution in [0, 0.1) is 13.8 Å². The Balaban J connectivity index is 1.78. The first-order valence-electron chi connectivity index (χ1n) is 10.3. The van der Waals surface area contributed by atoms with Crippen LogP contribution in [0.5, 0.6) is 0 Å². The molecule has 1 atom stereocenters. The second-order valence-corrected chi connectivity index (χ2v) is 8.53. The molecular weight excluding hydrogens is 384 g/mol. The average molecular weight is 417 g/mol. The molecule has 1 fully saturated rings. The average Bonchev–Trinajstić information content (AvgIpc) is 3.20. The predicted molar refractivity (Wildman–Crippen MR) is 123 cm³/mol. The van der Waals surface area contributed by atoms with Crippen molar-refractivity contribution in [3.63, 3.8) is 0 Å². The monoisotopic (exact) mass is 416 g/mol. The summed E-state index contributed by atoms with van der Waals surface area (Å²) in [7, 11) is 4.07. The van der Waals surface area contributed by atoms with Crippen molar-refractivity contribution in [3.05, 3.63) is 45.2 Å². The van der Waals surface area contributed by atoms with Gasteiger partial charge in [-0.3, -0.25) is 4.79 Å². The summed E-state index contributed by atoms with van der Waals surface area (Å²) in [6.45, 7) is 7.71. The van der Waals surface area contributed by atoms with Crippen LogP contribution in [0.1, 0.15) is 29.5 Å². The Hall–Kier alpha value is -1.96. The first kappa shape index (κ1) is 21.7. The first-order chi connectivity index (χ1) is 13.8. The van der Waals surface area contributed by atoms with Gasteiger partial charge in [-0.05, 0) is 75.6 Å². The number of nitrogens with zero attached hydrogens (tertiary/aromatic N) is 2. The predicted octanol–water partition coefficient (Wildman–Crippen LogP) is 2.56. The van der Waals surface area contributed by atoms with Crippen molar-refractivity contribution in [1.29, 1.82) is 0 Å². The summed E-state index contributed by atoms with van der Waals surface area (Å²) in [6, 6.07) is 6.15. The highest BCUT2D eigenvalue weighted by Gasteiger charge is 2.18. The molecule has 0 unspecified atom stereocenters. The van der Waals surface area contributed by atoms with E-state index in [1.54, 1.807) is 0 Å². The lowest BCUT2D eigenvalue weighted by molar-refractivity contribution is 0.113. The Bertz CT molecular complexity index is 919. The topological polar surface area (TPSA) is 60.6 Å². The van der Waals surface area contributed by atoms with Crippen molar-refractivity contribution < 1.29 is 4.74 Å². The second kappa shape index (κ2) is 9.69. The van der Waals surface area contributed by atoms with Crippen LogP contribution in [0.2, 0.25) is 0 Å². The molecule has 7 heteroatoms. The number of rotatable bonds is 7. The molecule has 3 rings (SSSR count). The number of likely N-dealkylation sites (N-methyl/N-ethyl adjacent to an activating group) is 1. The molecule has 1 aliphatic rings. The lowest BCUT2D eigenvalue weighted by Crippen LogP contribution is -2.45. The van der Waals surface area contributed by atoms with Crippen molar-refractivity contribution in [3.8, 4) is 0 Å². The summed E-state index contributed by atoms with van der Waals surface area (Å²) in [5, 5.41) is 5.06. The number of thiocarbonyl (C=S) groups is 1. The van der Waals surface area contributed by atoms with Crippen LogP contribution in [-0.2, 0) is 11.3 Å². The largest absolute Gasteiger partial charge is 0.376 e. The molecule has 0 bridgehead atoms. The van der Waals surface area contributed by atoms with E-state index in [1.165, 1.54) is 5.56 Å². The molecule has 2 heterocycles. The van der Waals surface area contributed by atoms with E-state index < -0.39 is 0 Å². The Morgan fingerprint density at radius 3 is 2.79 bits per heavy atom. The standard InChI is InChI=1S/C22H32N4O2S/c1-15-7-8-17-12-18(21(27)24-20(17)16(15)2)14-26(10-9-25(3)4)22(29)23-13-19-6-5-11-28-19/h7-8,12,19H,5-6,9-11,13-14H2,1-4H3,(H,23,29)(H,24,27)/t19-/m0/s1. The van der Waals surface area contributed by atoms with Crippen LogP contribution >= 0.6 is 12.2 Å². The van der Waals surface area contributed by atoms with E-state index in [2.05, 4.69) is 39.2 Å². The Morgan fingerprint density at radius 2 is 2.10 bits per heavy atom. The van der Waals surface area contributed by atoms with Gasteiger partial charge in [0.15, 0.2) is 5.11 Å². The maximum Gasteiger partial charge on any atom is 0.253 e. The molecule has 0 amide bonds. The quantitative estimate of drug-likeness (QED) is 0.677. The number of hydrogen-bond acceptors (Lipinski definition) is 4. The summed E-state index contributed by atoms with van der Waals surface area (Å²) in [6.07, 6.45) is 2.39. The highest BCUT2D eigenvalue weighted by Crippen LogP contribution is 2.19. The van der Waals surface area contributed by atoms with Crippen LogP contribution in [0.3, 0.4) is 0 Å². The molecular formula is C22H32N4O2S. The van der Waals surface area contributed by atoms with Gasteiger partial charge in [0, 0.05) is 31.8 Å². The second-order valence-electron chi connectivity index (χ2n) is 8.14. The van der Waals surface area contributed by atoms with Gasteiger partial charge in [-0.2, -0.15) is 0 Å². The zero-order valence-corrected chi connectivity index (χ0v) is 18.7. The zero-order chi connectivity index (χ0) is 21.0. The van der Waals surface area contributed by atoms with Crippen molar-refractivity contribution in [2.24, 2.45) is 0 Å². The summed E-state index contributed by atoms with van der Waals surface area (Å²) < 4.78 is 5.68. The summed E-state index contributed by atoms with van der Waals surface area (Å²) in [4.78, 5) is 20.0. The molecule has 2 aromatic rings. The van der Waals surface area contributed by atoms with Gasteiger partial charge in [0.25, 0.3) is 5.56 Å². The first-order valence-corrected chi connectivity index (χ1v) is 10.7. The number of fused-ring (bicyclic) bond motifs is 1. The number of pyridine rings is 1. The van der Waals surface area contributed by atoms with E-state index in [1.807, 2.05) is 27.1 Å². The zero-order valence-electron chi connectivity index (χ0n) is 17.9. The maximum absolute atomic E-state index is 12.8. The third-order valence-corrected chi connectivity index (χ3v) is 6.00. The minimum atomic E-state index is -0.0528. The number of aromatic nitrogens is 1. The number of aryl methyl sites for hydroxylation is 2. The fraction of sp³-hybridized carbons (Fsp3) is 0.545. The Morgan fingerprint density at radius 1 is 1.31 bits per heavy atom. The normalized spacial score (nSPS) is 16.5. The molecule has 1 aromatic carbocycles. The minimum Gasteiger partial charge on any atom is -0.376 e. The van der Waals surface area contributed by atoms with Gasteiger partial charge in [-0.25, -0.2) is 0 Å². The van der Waals surface area contributed by atoms with E-state index in [0.717, 1.165) is 54.6 Å². The maximum atomic E-state index is 12.8. The van der Waals surface area contributed by atoms with Gasteiger partial charge in [0.1, 0.15) is 0 Å². The van der Waals surface area contributed by atoms with Gasteiger partial charge < -0.3 is 24.8 Å². The highest BCUT2D eigenvalue weighted by molar-refractivity contribution is 7.80. The third-order valence-electron chi connectivity index (χ3n) is 5.60. The van der Waals surface area contributed by atoms with E-state index in [4.69, 9.17) is 17.0 Å². The fourth-order valence-electron chi connectivity index (χ4n) is 3.58. The third kappa shape index (κ3) is 5.56. The molecule has 0 spiro atoms. The SMILES string of the molecule is Cc1ccc2cc(CN(CCN(C)C)C(=S)NC[C@@H]3CCCO3)c(=O)[nH]c2c1C. The van der Waals surface area contributed by atoms with Gasteiger partial charge in [-0.15, -0.1) is 0 Å². The summed E-state index contributed by atoms with van der Waals surface area (Å²) in [5.41, 5.74) is 3.87. The number of aromatic amines is 1. The Kier molecular flexibility index (Phi) is 7.27. The van der Waals surface area contributed by atoms with E-state index in [0.29, 0.717) is 18.2 Å². The molecule has 1 aromatic heterocycles. The smallest absolute Gasteiger partial charge is 0.253 e. The molecule has 1 saturated heterocycles. The van der Waals surface area contributed by atoms with Gasteiger partial charge in [0.2, 0.25) is 0 Å². The molecule has 1 aliphatic heterocycles. The van der Waals surface area contributed by atoms with E-state index in [9.17, 15) is 4.79 Å². The molecule has 29 heavy (non-hydrogen) atoms. The van der Waals surface area contributed by atoms with Crippen LogP contribution in [0.15, 0.2) is 23.0 Å². The lowest BCUT2D eigenvalue weighted by Gasteiger charge is -2.28. The number of ether oxygens (including phenoxy) is 1. The number of nitrogens with one attached hydrogen (secondary N) is 2. The molecule has 0 radical (unpaired) electrons. The van der Waals surface area contributed by atoms with Gasteiger partial charge >= 0.3 is 0 Å². The van der Waals surface area contributed by atoms with Crippen molar-refractivity contribution in [1.82, 2.24) is 20.1 Å². The number of hydrogen-bond donors (Lipinski definition) is 2. The summed E-state index contributed by atoms with van der Waals surface area (Å²) in [5.74, 6) is 0. The number of H-pyrrole nitrogens is 1.